The lowest BCUT2D eigenvalue weighted by molar-refractivity contribution is -0.126. The molecule has 3 aromatic rings. The summed E-state index contributed by atoms with van der Waals surface area (Å²) < 4.78 is 1.65. The van der Waals surface area contributed by atoms with Crippen molar-refractivity contribution < 1.29 is 9.59 Å². The number of benzene rings is 2. The number of halogens is 2. The maximum absolute atomic E-state index is 14.1. The van der Waals surface area contributed by atoms with Crippen LogP contribution in [0, 0.1) is 0 Å². The smallest absolute Gasteiger partial charge is 0.244 e. The quantitative estimate of drug-likeness (QED) is 0.579. The first-order valence-corrected chi connectivity index (χ1v) is 11.8. The van der Waals surface area contributed by atoms with Crippen LogP contribution in [0.15, 0.2) is 42.5 Å². The van der Waals surface area contributed by atoms with Crippen molar-refractivity contribution >= 4 is 46.5 Å². The SMILES string of the molecule is CC(c1ccc(Cl)cc1)n1nnc2c1NC(=O)C[C@]21C(=O)N(CCN(C)C)c2ccc(Cl)cc21. The van der Waals surface area contributed by atoms with Crippen molar-refractivity contribution in [3.8, 4) is 0 Å². The highest BCUT2D eigenvalue weighted by atomic mass is 35.5. The largest absolute Gasteiger partial charge is 0.310 e. The summed E-state index contributed by atoms with van der Waals surface area (Å²) in [6.07, 6.45) is -0.0569. The van der Waals surface area contributed by atoms with Crippen LogP contribution in [-0.2, 0) is 15.0 Å². The van der Waals surface area contributed by atoms with Gasteiger partial charge in [0, 0.05) is 28.8 Å². The Labute approximate surface area is 207 Å². The minimum absolute atomic E-state index is 0.0569. The van der Waals surface area contributed by atoms with Gasteiger partial charge in [-0.3, -0.25) is 9.59 Å². The lowest BCUT2D eigenvalue weighted by Gasteiger charge is -2.31. The molecule has 8 nitrogen and oxygen atoms in total. The third-order valence-corrected chi connectivity index (χ3v) is 7.08. The minimum atomic E-state index is -1.28. The monoisotopic (exact) mass is 498 g/mol. The van der Waals surface area contributed by atoms with Gasteiger partial charge in [0.2, 0.25) is 11.8 Å². The van der Waals surface area contributed by atoms with Crippen LogP contribution in [0.25, 0.3) is 0 Å². The van der Waals surface area contributed by atoms with Crippen LogP contribution in [0.3, 0.4) is 0 Å². The first-order chi connectivity index (χ1) is 16.2. The van der Waals surface area contributed by atoms with E-state index < -0.39 is 5.41 Å². The minimum Gasteiger partial charge on any atom is -0.310 e. The summed E-state index contributed by atoms with van der Waals surface area (Å²) in [5.41, 5.74) is 1.54. The van der Waals surface area contributed by atoms with Gasteiger partial charge in [0.05, 0.1) is 12.5 Å². The van der Waals surface area contributed by atoms with Gasteiger partial charge in [0.25, 0.3) is 0 Å². The van der Waals surface area contributed by atoms with Gasteiger partial charge in [-0.1, -0.05) is 40.5 Å². The van der Waals surface area contributed by atoms with Crippen molar-refractivity contribution in [1.82, 2.24) is 19.9 Å². The summed E-state index contributed by atoms with van der Waals surface area (Å²) in [5, 5.41) is 12.9. The van der Waals surface area contributed by atoms with Gasteiger partial charge in [-0.05, 0) is 62.5 Å². The fourth-order valence-corrected chi connectivity index (χ4v) is 5.11. The molecule has 1 N–H and O–H groups in total. The topological polar surface area (TPSA) is 83.4 Å². The van der Waals surface area contributed by atoms with E-state index in [1.807, 2.05) is 44.1 Å². The average molecular weight is 499 g/mol. The zero-order chi connectivity index (χ0) is 24.2. The predicted octanol–water partition coefficient (Wildman–Crippen LogP) is 3.73. The van der Waals surface area contributed by atoms with E-state index in [1.165, 1.54) is 0 Å². The summed E-state index contributed by atoms with van der Waals surface area (Å²) in [7, 11) is 3.91. The summed E-state index contributed by atoms with van der Waals surface area (Å²) in [4.78, 5) is 30.8. The maximum atomic E-state index is 14.1. The molecule has 0 saturated heterocycles. The van der Waals surface area contributed by atoms with Crippen LogP contribution in [-0.4, -0.2) is 58.9 Å². The Morgan fingerprint density at radius 3 is 2.53 bits per heavy atom. The molecule has 2 amide bonds. The Bertz CT molecular complexity index is 1290. The Morgan fingerprint density at radius 2 is 1.82 bits per heavy atom. The lowest BCUT2D eigenvalue weighted by Crippen LogP contribution is -2.48. The van der Waals surface area contributed by atoms with Crippen LogP contribution in [0.4, 0.5) is 11.5 Å². The van der Waals surface area contributed by atoms with E-state index in [-0.39, 0.29) is 24.3 Å². The first-order valence-electron chi connectivity index (χ1n) is 11.0. The van der Waals surface area contributed by atoms with Crippen LogP contribution in [0.1, 0.15) is 36.2 Å². The van der Waals surface area contributed by atoms with Crippen molar-refractivity contribution in [2.24, 2.45) is 0 Å². The maximum Gasteiger partial charge on any atom is 0.244 e. The number of carbonyl (C=O) groups is 2. The molecule has 0 radical (unpaired) electrons. The molecule has 3 heterocycles. The van der Waals surface area contributed by atoms with E-state index in [0.717, 1.165) is 11.3 Å². The molecule has 0 saturated carbocycles. The molecular formula is C24H24Cl2N6O2. The number of aromatic nitrogens is 3. The summed E-state index contributed by atoms with van der Waals surface area (Å²) in [6.45, 7) is 3.11. The fraction of sp³-hybridized carbons (Fsp3) is 0.333. The fourth-order valence-electron chi connectivity index (χ4n) is 4.81. The number of fused-ring (bicyclic) bond motifs is 4. The molecule has 5 rings (SSSR count). The Balaban J connectivity index is 1.66. The van der Waals surface area contributed by atoms with Crippen molar-refractivity contribution in [2.45, 2.75) is 24.8 Å². The summed E-state index contributed by atoms with van der Waals surface area (Å²) >= 11 is 12.4. The van der Waals surface area contributed by atoms with Crippen molar-refractivity contribution in [3.63, 3.8) is 0 Å². The third kappa shape index (κ3) is 3.48. The Morgan fingerprint density at radius 1 is 1.12 bits per heavy atom. The molecule has 1 unspecified atom stereocenters. The molecule has 34 heavy (non-hydrogen) atoms. The molecule has 176 valence electrons. The van der Waals surface area contributed by atoms with Crippen LogP contribution in [0.2, 0.25) is 10.0 Å². The predicted molar refractivity (Wildman–Crippen MR) is 132 cm³/mol. The number of likely N-dealkylation sites (N-methyl/N-ethyl adjacent to an activating group) is 1. The Kier molecular flexibility index (Phi) is 5.62. The first kappa shape index (κ1) is 22.8. The second kappa shape index (κ2) is 8.37. The highest BCUT2D eigenvalue weighted by molar-refractivity contribution is 6.31. The second-order valence-corrected chi connectivity index (χ2v) is 9.88. The van der Waals surface area contributed by atoms with E-state index in [2.05, 4.69) is 15.6 Å². The molecule has 2 aliphatic heterocycles. The second-order valence-electron chi connectivity index (χ2n) is 9.01. The molecule has 1 spiro atoms. The van der Waals surface area contributed by atoms with Gasteiger partial charge < -0.3 is 15.1 Å². The van der Waals surface area contributed by atoms with Crippen LogP contribution >= 0.6 is 23.2 Å². The van der Waals surface area contributed by atoms with Crippen LogP contribution in [0.5, 0.6) is 0 Å². The van der Waals surface area contributed by atoms with Gasteiger partial charge in [-0.15, -0.1) is 5.10 Å². The van der Waals surface area contributed by atoms with Crippen molar-refractivity contribution in [3.05, 3.63) is 69.3 Å². The van der Waals surface area contributed by atoms with E-state index in [0.29, 0.717) is 40.2 Å². The molecule has 2 atom stereocenters. The normalized spacial score (nSPS) is 20.0. The number of hydrogen-bond acceptors (Lipinski definition) is 5. The van der Waals surface area contributed by atoms with Gasteiger partial charge in [0.15, 0.2) is 5.82 Å². The summed E-state index contributed by atoms with van der Waals surface area (Å²) in [6, 6.07) is 12.5. The van der Waals surface area contributed by atoms with E-state index in [1.54, 1.807) is 33.8 Å². The Hall–Kier alpha value is -2.94. The van der Waals surface area contributed by atoms with E-state index in [4.69, 9.17) is 23.2 Å². The molecule has 2 aliphatic rings. The van der Waals surface area contributed by atoms with Crippen molar-refractivity contribution in [1.29, 1.82) is 0 Å². The number of nitrogens with one attached hydrogen (secondary N) is 1. The number of anilines is 2. The number of nitrogens with zero attached hydrogens (tertiary/aromatic N) is 5. The molecule has 0 aliphatic carbocycles. The molecule has 0 fully saturated rings. The van der Waals surface area contributed by atoms with Crippen molar-refractivity contribution in [2.75, 3.05) is 37.4 Å². The number of carbonyl (C=O) groups excluding carboxylic acids is 2. The van der Waals surface area contributed by atoms with Gasteiger partial charge >= 0.3 is 0 Å². The molecule has 10 heteroatoms. The molecule has 1 aromatic heterocycles. The molecule has 0 bridgehead atoms. The van der Waals surface area contributed by atoms with Gasteiger partial charge in [-0.2, -0.15) is 0 Å². The van der Waals surface area contributed by atoms with Crippen LogP contribution < -0.4 is 10.2 Å². The van der Waals surface area contributed by atoms with E-state index >= 15 is 0 Å². The molecule has 2 aromatic carbocycles. The lowest BCUT2D eigenvalue weighted by atomic mass is 9.73. The average Bonchev–Trinajstić information content (AvgIpc) is 3.31. The standard InChI is InChI=1S/C24H24Cl2N6O2/c1-14(15-4-6-16(25)7-5-15)32-22-21(28-29-32)24(13-20(33)27-22)18-12-17(26)8-9-19(18)31(23(24)34)11-10-30(2)3/h4-9,12,14H,10-11,13H2,1-3H3,(H,27,33)/t14?,24-/m1/s1. The molecular weight excluding hydrogens is 475 g/mol. The number of amides is 2. The van der Waals surface area contributed by atoms with Gasteiger partial charge in [0.1, 0.15) is 11.1 Å². The third-order valence-electron chi connectivity index (χ3n) is 6.59. The highest BCUT2D eigenvalue weighted by Gasteiger charge is 2.58. The van der Waals surface area contributed by atoms with Gasteiger partial charge in [-0.25, -0.2) is 4.68 Å². The number of rotatable bonds is 5. The zero-order valence-electron chi connectivity index (χ0n) is 19.0. The van der Waals surface area contributed by atoms with E-state index in [9.17, 15) is 9.59 Å². The zero-order valence-corrected chi connectivity index (χ0v) is 20.6. The number of hydrogen-bond donors (Lipinski definition) is 1. The summed E-state index contributed by atoms with van der Waals surface area (Å²) in [5.74, 6) is -0.0329. The highest BCUT2D eigenvalue weighted by Crippen LogP contribution is 2.52.